The van der Waals surface area contributed by atoms with Gasteiger partial charge in [-0.05, 0) is 48.9 Å². The predicted molar refractivity (Wildman–Crippen MR) is 84.5 cm³/mol. The van der Waals surface area contributed by atoms with Crippen LogP contribution in [0.1, 0.15) is 12.0 Å². The first-order valence-corrected chi connectivity index (χ1v) is 6.93. The summed E-state index contributed by atoms with van der Waals surface area (Å²) in [5, 5.41) is 5.65. The van der Waals surface area contributed by atoms with Gasteiger partial charge in [-0.25, -0.2) is 4.39 Å². The van der Waals surface area contributed by atoms with Crippen molar-refractivity contribution < 1.29 is 14.0 Å². The maximum atomic E-state index is 12.8. The zero-order valence-corrected chi connectivity index (χ0v) is 12.6. The van der Waals surface area contributed by atoms with E-state index in [0.29, 0.717) is 16.4 Å². The molecule has 0 aliphatic carbocycles. The minimum Gasteiger partial charge on any atom is -0.326 e. The molecule has 6 heteroatoms. The standard InChI is InChI=1S/C16H14ClFN2O2/c1-10-2-3-11(17)8-14(10)20-16(22)9-15(21)19-13-6-4-12(18)5-7-13/h2-8H,9H2,1H3,(H,19,21)(H,20,22). The van der Waals surface area contributed by atoms with E-state index >= 15 is 0 Å². The van der Waals surface area contributed by atoms with Crippen LogP contribution < -0.4 is 10.6 Å². The SMILES string of the molecule is Cc1ccc(Cl)cc1NC(=O)CC(=O)Nc1ccc(F)cc1. The minimum atomic E-state index is -0.483. The smallest absolute Gasteiger partial charge is 0.233 e. The molecule has 0 bridgehead atoms. The predicted octanol–water partition coefficient (Wildman–Crippen LogP) is 3.75. The molecule has 2 amide bonds. The highest BCUT2D eigenvalue weighted by molar-refractivity contribution is 6.31. The number of nitrogens with one attached hydrogen (secondary N) is 2. The number of rotatable bonds is 4. The molecule has 22 heavy (non-hydrogen) atoms. The van der Waals surface area contributed by atoms with E-state index in [4.69, 9.17) is 11.6 Å². The van der Waals surface area contributed by atoms with Crippen molar-refractivity contribution in [2.75, 3.05) is 10.6 Å². The summed E-state index contributed by atoms with van der Waals surface area (Å²) in [6.45, 7) is 1.82. The zero-order chi connectivity index (χ0) is 16.1. The molecule has 0 fully saturated rings. The van der Waals surface area contributed by atoms with Crippen molar-refractivity contribution in [3.05, 3.63) is 58.9 Å². The third-order valence-corrected chi connectivity index (χ3v) is 3.16. The van der Waals surface area contributed by atoms with Crippen LogP contribution in [0.15, 0.2) is 42.5 Å². The van der Waals surface area contributed by atoms with Crippen molar-refractivity contribution in [1.29, 1.82) is 0 Å². The second kappa shape index (κ2) is 7.04. The van der Waals surface area contributed by atoms with Crippen LogP contribution in [0.2, 0.25) is 5.02 Å². The van der Waals surface area contributed by atoms with Gasteiger partial charge in [-0.1, -0.05) is 17.7 Å². The van der Waals surface area contributed by atoms with Gasteiger partial charge in [-0.3, -0.25) is 9.59 Å². The summed E-state index contributed by atoms with van der Waals surface area (Å²) in [7, 11) is 0. The molecule has 0 saturated carbocycles. The molecular formula is C16H14ClFN2O2. The fourth-order valence-electron chi connectivity index (χ4n) is 1.81. The molecule has 4 nitrogen and oxygen atoms in total. The van der Waals surface area contributed by atoms with Gasteiger partial charge < -0.3 is 10.6 Å². The molecular weight excluding hydrogens is 307 g/mol. The number of carbonyl (C=O) groups excluding carboxylic acids is 2. The molecule has 0 saturated heterocycles. The fourth-order valence-corrected chi connectivity index (χ4v) is 1.98. The first kappa shape index (κ1) is 16.0. The molecule has 2 rings (SSSR count). The summed E-state index contributed by atoms with van der Waals surface area (Å²) < 4.78 is 12.8. The Morgan fingerprint density at radius 2 is 1.68 bits per heavy atom. The Morgan fingerprint density at radius 3 is 2.36 bits per heavy atom. The van der Waals surface area contributed by atoms with Crippen LogP contribution in [0.3, 0.4) is 0 Å². The lowest BCUT2D eigenvalue weighted by Gasteiger charge is -2.09. The Morgan fingerprint density at radius 1 is 1.05 bits per heavy atom. The van der Waals surface area contributed by atoms with E-state index in [1.54, 1.807) is 18.2 Å². The quantitative estimate of drug-likeness (QED) is 0.843. The second-order valence-electron chi connectivity index (χ2n) is 4.74. The lowest BCUT2D eigenvalue weighted by Crippen LogP contribution is -2.21. The van der Waals surface area contributed by atoms with Crippen LogP contribution in [-0.2, 0) is 9.59 Å². The Labute approximate surface area is 132 Å². The highest BCUT2D eigenvalue weighted by Crippen LogP contribution is 2.20. The highest BCUT2D eigenvalue weighted by Gasteiger charge is 2.11. The van der Waals surface area contributed by atoms with Crippen LogP contribution in [0.25, 0.3) is 0 Å². The average molecular weight is 321 g/mol. The van der Waals surface area contributed by atoms with Crippen molar-refractivity contribution in [3.63, 3.8) is 0 Å². The van der Waals surface area contributed by atoms with Gasteiger partial charge in [0.1, 0.15) is 12.2 Å². The molecule has 0 aliphatic heterocycles. The van der Waals surface area contributed by atoms with E-state index in [1.807, 2.05) is 6.92 Å². The summed E-state index contributed by atoms with van der Waals surface area (Å²) in [6.07, 6.45) is -0.344. The first-order chi connectivity index (χ1) is 10.4. The lowest BCUT2D eigenvalue weighted by atomic mass is 10.2. The van der Waals surface area contributed by atoms with Gasteiger partial charge in [-0.15, -0.1) is 0 Å². The number of hydrogen-bond donors (Lipinski definition) is 2. The summed E-state index contributed by atoms with van der Waals surface area (Å²) in [5.74, 6) is -1.33. The molecule has 2 N–H and O–H groups in total. The Balaban J connectivity index is 1.92. The summed E-state index contributed by atoms with van der Waals surface area (Å²) in [6, 6.07) is 10.4. The Bertz CT molecular complexity index is 702. The van der Waals surface area contributed by atoms with Gasteiger partial charge in [0.2, 0.25) is 11.8 Å². The maximum Gasteiger partial charge on any atom is 0.233 e. The number of aryl methyl sites for hydroxylation is 1. The van der Waals surface area contributed by atoms with E-state index in [9.17, 15) is 14.0 Å². The number of halogens is 2. The first-order valence-electron chi connectivity index (χ1n) is 6.55. The van der Waals surface area contributed by atoms with Crippen molar-refractivity contribution in [2.45, 2.75) is 13.3 Å². The van der Waals surface area contributed by atoms with E-state index in [1.165, 1.54) is 24.3 Å². The van der Waals surface area contributed by atoms with Gasteiger partial charge >= 0.3 is 0 Å². The number of hydrogen-bond acceptors (Lipinski definition) is 2. The molecule has 0 atom stereocenters. The number of carbonyl (C=O) groups is 2. The van der Waals surface area contributed by atoms with Gasteiger partial charge in [-0.2, -0.15) is 0 Å². The van der Waals surface area contributed by atoms with Gasteiger partial charge in [0.05, 0.1) is 0 Å². The molecule has 0 unspecified atom stereocenters. The molecule has 0 heterocycles. The average Bonchev–Trinajstić information content (AvgIpc) is 2.45. The molecule has 2 aromatic rings. The lowest BCUT2D eigenvalue weighted by molar-refractivity contribution is -0.123. The second-order valence-corrected chi connectivity index (χ2v) is 5.18. The van der Waals surface area contributed by atoms with Crippen LogP contribution in [-0.4, -0.2) is 11.8 Å². The number of anilines is 2. The third-order valence-electron chi connectivity index (χ3n) is 2.92. The van der Waals surface area contributed by atoms with Crippen molar-refractivity contribution in [2.24, 2.45) is 0 Å². The molecule has 2 aromatic carbocycles. The van der Waals surface area contributed by atoms with Crippen LogP contribution >= 0.6 is 11.6 Å². The highest BCUT2D eigenvalue weighted by atomic mass is 35.5. The Kier molecular flexibility index (Phi) is 5.12. The zero-order valence-electron chi connectivity index (χ0n) is 11.8. The molecule has 0 radical (unpaired) electrons. The summed E-state index contributed by atoms with van der Waals surface area (Å²) >= 11 is 5.86. The molecule has 0 aromatic heterocycles. The minimum absolute atomic E-state index is 0.344. The van der Waals surface area contributed by atoms with E-state index in [2.05, 4.69) is 10.6 Å². The number of amides is 2. The van der Waals surface area contributed by atoms with E-state index in [-0.39, 0.29) is 6.42 Å². The molecule has 114 valence electrons. The largest absolute Gasteiger partial charge is 0.326 e. The van der Waals surface area contributed by atoms with Crippen LogP contribution in [0, 0.1) is 12.7 Å². The van der Waals surface area contributed by atoms with Crippen molar-refractivity contribution >= 4 is 34.8 Å². The monoisotopic (exact) mass is 320 g/mol. The fraction of sp³-hybridized carbons (Fsp3) is 0.125. The number of benzene rings is 2. The molecule has 0 spiro atoms. The summed E-state index contributed by atoms with van der Waals surface area (Å²) in [4.78, 5) is 23.6. The van der Waals surface area contributed by atoms with Gasteiger partial charge in [0, 0.05) is 16.4 Å². The van der Waals surface area contributed by atoms with Gasteiger partial charge in [0.15, 0.2) is 0 Å². The van der Waals surface area contributed by atoms with Crippen LogP contribution in [0.4, 0.5) is 15.8 Å². The van der Waals surface area contributed by atoms with E-state index < -0.39 is 17.6 Å². The molecule has 0 aliphatic rings. The van der Waals surface area contributed by atoms with Gasteiger partial charge in [0.25, 0.3) is 0 Å². The maximum absolute atomic E-state index is 12.8. The third kappa shape index (κ3) is 4.56. The van der Waals surface area contributed by atoms with Crippen LogP contribution in [0.5, 0.6) is 0 Å². The summed E-state index contributed by atoms with van der Waals surface area (Å²) in [5.41, 5.74) is 1.84. The normalized spacial score (nSPS) is 10.1. The topological polar surface area (TPSA) is 58.2 Å². The van der Waals surface area contributed by atoms with Crippen molar-refractivity contribution in [3.8, 4) is 0 Å². The van der Waals surface area contributed by atoms with Crippen molar-refractivity contribution in [1.82, 2.24) is 0 Å². The Hall–Kier alpha value is -2.40. The van der Waals surface area contributed by atoms with E-state index in [0.717, 1.165) is 5.56 Å².